The van der Waals surface area contributed by atoms with Crippen LogP contribution < -0.4 is 0 Å². The highest BCUT2D eigenvalue weighted by molar-refractivity contribution is 5.28. The average molecular weight is 367 g/mol. The van der Waals surface area contributed by atoms with Gasteiger partial charge >= 0.3 is 0 Å². The van der Waals surface area contributed by atoms with E-state index in [0.717, 1.165) is 25.2 Å². The van der Waals surface area contributed by atoms with Gasteiger partial charge < -0.3 is 9.47 Å². The lowest BCUT2D eigenvalue weighted by molar-refractivity contribution is -0.206. The SMILES string of the molecule is CCCCCC1COC(c2ccc(CC(C)c3ccc(C)cc3)cc2)OC1. The molecule has 0 bridgehead atoms. The molecule has 1 aliphatic heterocycles. The molecule has 1 aliphatic rings. The Morgan fingerprint density at radius 3 is 2.22 bits per heavy atom. The first-order valence-electron chi connectivity index (χ1n) is 10.5. The van der Waals surface area contributed by atoms with Crippen molar-refractivity contribution in [1.82, 2.24) is 0 Å². The van der Waals surface area contributed by atoms with Crippen LogP contribution in [0.4, 0.5) is 0 Å². The van der Waals surface area contributed by atoms with Gasteiger partial charge in [-0.2, -0.15) is 0 Å². The van der Waals surface area contributed by atoms with Gasteiger partial charge in [-0.1, -0.05) is 87.2 Å². The van der Waals surface area contributed by atoms with Gasteiger partial charge in [-0.05, 0) is 36.8 Å². The zero-order valence-corrected chi connectivity index (χ0v) is 17.1. The Balaban J connectivity index is 1.49. The first-order valence-corrected chi connectivity index (χ1v) is 10.5. The minimum atomic E-state index is -0.198. The molecule has 1 saturated heterocycles. The number of benzene rings is 2. The minimum Gasteiger partial charge on any atom is -0.348 e. The fourth-order valence-corrected chi connectivity index (χ4v) is 3.76. The Hall–Kier alpha value is -1.64. The van der Waals surface area contributed by atoms with Crippen molar-refractivity contribution >= 4 is 0 Å². The molecule has 0 saturated carbocycles. The zero-order chi connectivity index (χ0) is 19.1. The van der Waals surface area contributed by atoms with Crippen molar-refractivity contribution in [2.45, 2.75) is 65.1 Å². The summed E-state index contributed by atoms with van der Waals surface area (Å²) in [7, 11) is 0. The summed E-state index contributed by atoms with van der Waals surface area (Å²) in [6, 6.07) is 17.7. The predicted octanol–water partition coefficient (Wildman–Crippen LogP) is 6.58. The van der Waals surface area contributed by atoms with Crippen LogP contribution in [-0.2, 0) is 15.9 Å². The fraction of sp³-hybridized carbons (Fsp3) is 0.520. The van der Waals surface area contributed by atoms with Gasteiger partial charge in [-0.25, -0.2) is 0 Å². The Labute approximate surface area is 164 Å². The van der Waals surface area contributed by atoms with Crippen LogP contribution >= 0.6 is 0 Å². The summed E-state index contributed by atoms with van der Waals surface area (Å²) in [5.74, 6) is 1.07. The van der Waals surface area contributed by atoms with E-state index in [4.69, 9.17) is 9.47 Å². The summed E-state index contributed by atoms with van der Waals surface area (Å²) in [4.78, 5) is 0. The maximum Gasteiger partial charge on any atom is 0.183 e. The van der Waals surface area contributed by atoms with Gasteiger partial charge in [-0.15, -0.1) is 0 Å². The van der Waals surface area contributed by atoms with E-state index in [1.54, 1.807) is 0 Å². The third kappa shape index (κ3) is 5.92. The standard InChI is InChI=1S/C25H34O2/c1-4-5-6-7-22-17-26-25(27-18-22)24-14-10-21(11-15-24)16-20(3)23-12-8-19(2)9-13-23/h8-15,20,22,25H,4-7,16-18H2,1-3H3. The second kappa shape index (κ2) is 10.1. The van der Waals surface area contributed by atoms with Crippen LogP contribution in [0.3, 0.4) is 0 Å². The van der Waals surface area contributed by atoms with E-state index in [2.05, 4.69) is 69.3 Å². The molecule has 0 amide bonds. The fourth-order valence-electron chi connectivity index (χ4n) is 3.76. The van der Waals surface area contributed by atoms with Crippen LogP contribution in [0.15, 0.2) is 48.5 Å². The van der Waals surface area contributed by atoms with Crippen molar-refractivity contribution in [3.8, 4) is 0 Å². The molecule has 146 valence electrons. The monoisotopic (exact) mass is 366 g/mol. The van der Waals surface area contributed by atoms with E-state index >= 15 is 0 Å². The van der Waals surface area contributed by atoms with Crippen LogP contribution in [0.5, 0.6) is 0 Å². The van der Waals surface area contributed by atoms with Crippen LogP contribution in [0.2, 0.25) is 0 Å². The van der Waals surface area contributed by atoms with Gasteiger partial charge in [0, 0.05) is 11.5 Å². The van der Waals surface area contributed by atoms with Crippen LogP contribution in [-0.4, -0.2) is 13.2 Å². The minimum absolute atomic E-state index is 0.198. The lowest BCUT2D eigenvalue weighted by atomic mass is 9.93. The summed E-state index contributed by atoms with van der Waals surface area (Å²) in [5, 5.41) is 0. The number of hydrogen-bond donors (Lipinski definition) is 0. The molecule has 0 aliphatic carbocycles. The molecule has 1 atom stereocenters. The molecule has 0 spiro atoms. The van der Waals surface area contributed by atoms with Crippen molar-refractivity contribution in [1.29, 1.82) is 0 Å². The van der Waals surface area contributed by atoms with E-state index < -0.39 is 0 Å². The lowest BCUT2D eigenvalue weighted by Gasteiger charge is -2.29. The first-order chi connectivity index (χ1) is 13.2. The number of unbranched alkanes of at least 4 members (excludes halogenated alkanes) is 2. The molecule has 27 heavy (non-hydrogen) atoms. The topological polar surface area (TPSA) is 18.5 Å². The predicted molar refractivity (Wildman–Crippen MR) is 112 cm³/mol. The highest BCUT2D eigenvalue weighted by Gasteiger charge is 2.23. The molecule has 2 nitrogen and oxygen atoms in total. The molecule has 0 aromatic heterocycles. The summed E-state index contributed by atoms with van der Waals surface area (Å²) in [6.45, 7) is 8.32. The van der Waals surface area contributed by atoms with E-state index in [-0.39, 0.29) is 6.29 Å². The molecule has 1 unspecified atom stereocenters. The summed E-state index contributed by atoms with van der Waals surface area (Å²) < 4.78 is 12.0. The maximum atomic E-state index is 5.99. The second-order valence-corrected chi connectivity index (χ2v) is 8.12. The Kier molecular flexibility index (Phi) is 7.49. The molecular formula is C25H34O2. The van der Waals surface area contributed by atoms with Crippen molar-refractivity contribution < 1.29 is 9.47 Å². The van der Waals surface area contributed by atoms with Crippen molar-refractivity contribution in [3.63, 3.8) is 0 Å². The van der Waals surface area contributed by atoms with Gasteiger partial charge in [-0.3, -0.25) is 0 Å². The zero-order valence-electron chi connectivity index (χ0n) is 17.1. The smallest absolute Gasteiger partial charge is 0.183 e. The maximum absolute atomic E-state index is 5.99. The van der Waals surface area contributed by atoms with Crippen molar-refractivity contribution in [3.05, 3.63) is 70.8 Å². The first kappa shape index (κ1) is 20.1. The molecule has 2 heteroatoms. The van der Waals surface area contributed by atoms with E-state index in [1.165, 1.54) is 42.4 Å². The average Bonchev–Trinajstić information content (AvgIpc) is 2.70. The van der Waals surface area contributed by atoms with Gasteiger partial charge in [0.1, 0.15) is 0 Å². The van der Waals surface area contributed by atoms with Gasteiger partial charge in [0.15, 0.2) is 6.29 Å². The number of rotatable bonds is 8. The molecule has 1 fully saturated rings. The molecule has 0 radical (unpaired) electrons. The van der Waals surface area contributed by atoms with Crippen molar-refractivity contribution in [2.75, 3.05) is 13.2 Å². The Morgan fingerprint density at radius 1 is 0.926 bits per heavy atom. The van der Waals surface area contributed by atoms with E-state index in [9.17, 15) is 0 Å². The molecular weight excluding hydrogens is 332 g/mol. The molecule has 0 N–H and O–H groups in total. The molecule has 1 heterocycles. The second-order valence-electron chi connectivity index (χ2n) is 8.12. The largest absolute Gasteiger partial charge is 0.348 e. The van der Waals surface area contributed by atoms with Crippen LogP contribution in [0, 0.1) is 12.8 Å². The van der Waals surface area contributed by atoms with Gasteiger partial charge in [0.05, 0.1) is 13.2 Å². The van der Waals surface area contributed by atoms with Crippen molar-refractivity contribution in [2.24, 2.45) is 5.92 Å². The third-order valence-corrected chi connectivity index (χ3v) is 5.62. The number of aryl methyl sites for hydroxylation is 1. The number of ether oxygens (including phenoxy) is 2. The Morgan fingerprint density at radius 2 is 1.59 bits per heavy atom. The Bertz CT molecular complexity index is 666. The van der Waals surface area contributed by atoms with Gasteiger partial charge in [0.25, 0.3) is 0 Å². The lowest BCUT2D eigenvalue weighted by Crippen LogP contribution is -2.27. The van der Waals surface area contributed by atoms with Gasteiger partial charge in [0.2, 0.25) is 0 Å². The van der Waals surface area contributed by atoms with Crippen LogP contribution in [0.25, 0.3) is 0 Å². The highest BCUT2D eigenvalue weighted by Crippen LogP contribution is 2.28. The van der Waals surface area contributed by atoms with E-state index in [0.29, 0.717) is 11.8 Å². The quantitative estimate of drug-likeness (QED) is 0.491. The van der Waals surface area contributed by atoms with Crippen LogP contribution in [0.1, 0.15) is 74.0 Å². The third-order valence-electron chi connectivity index (χ3n) is 5.62. The van der Waals surface area contributed by atoms with E-state index in [1.807, 2.05) is 0 Å². The summed E-state index contributed by atoms with van der Waals surface area (Å²) >= 11 is 0. The summed E-state index contributed by atoms with van der Waals surface area (Å²) in [6.07, 6.45) is 5.93. The molecule has 3 rings (SSSR count). The highest BCUT2D eigenvalue weighted by atomic mass is 16.7. The normalized spacial score (nSPS) is 21.1. The summed E-state index contributed by atoms with van der Waals surface area (Å²) in [5.41, 5.74) is 5.21. The number of hydrogen-bond acceptors (Lipinski definition) is 2. The molecule has 2 aromatic rings. The molecule has 2 aromatic carbocycles.